The van der Waals surface area contributed by atoms with Gasteiger partial charge in [0.1, 0.15) is 0 Å². The lowest BCUT2D eigenvalue weighted by molar-refractivity contribution is 0.666. The highest BCUT2D eigenvalue weighted by atomic mass is 14.4. The number of hydrogen-bond donors (Lipinski definition) is 0. The van der Waals surface area contributed by atoms with Gasteiger partial charge < -0.3 is 0 Å². The van der Waals surface area contributed by atoms with Crippen molar-refractivity contribution in [2.45, 2.75) is 19.3 Å². The molecule has 39 heavy (non-hydrogen) atoms. The van der Waals surface area contributed by atoms with Crippen LogP contribution in [0.25, 0.3) is 65.7 Å². The van der Waals surface area contributed by atoms with Crippen molar-refractivity contribution < 1.29 is 0 Å². The Morgan fingerprint density at radius 1 is 0.385 bits per heavy atom. The summed E-state index contributed by atoms with van der Waals surface area (Å²) < 4.78 is 0. The molecule has 0 saturated carbocycles. The molecule has 0 radical (unpaired) electrons. The largest absolute Gasteiger partial charge is 0.0622 e. The van der Waals surface area contributed by atoms with E-state index in [1.807, 2.05) is 0 Å². The molecule has 1 aliphatic rings. The summed E-state index contributed by atoms with van der Waals surface area (Å²) in [6.45, 7) is 4.78. The number of rotatable bonds is 2. The first-order valence-electron chi connectivity index (χ1n) is 13.8. The molecule has 1 aliphatic carbocycles. The van der Waals surface area contributed by atoms with Crippen LogP contribution < -0.4 is 0 Å². The maximum absolute atomic E-state index is 2.39. The molecule has 7 aromatic rings. The Morgan fingerprint density at radius 2 is 0.949 bits per heavy atom. The van der Waals surface area contributed by atoms with Gasteiger partial charge in [0.15, 0.2) is 0 Å². The fraction of sp³-hybridized carbons (Fsp3) is 0.0769. The minimum absolute atomic E-state index is 0.0862. The molecule has 0 saturated heterocycles. The van der Waals surface area contributed by atoms with Crippen molar-refractivity contribution in [3.63, 3.8) is 0 Å². The van der Waals surface area contributed by atoms with Gasteiger partial charge in [-0.3, -0.25) is 0 Å². The van der Waals surface area contributed by atoms with Gasteiger partial charge in [-0.25, -0.2) is 0 Å². The molecule has 0 heteroatoms. The van der Waals surface area contributed by atoms with E-state index in [2.05, 4.69) is 147 Å². The molecule has 0 aliphatic heterocycles. The summed E-state index contributed by atoms with van der Waals surface area (Å²) in [5.41, 5.74) is 10.7. The maximum atomic E-state index is 2.39. The predicted octanol–water partition coefficient (Wildman–Crippen LogP) is 10.8. The quantitative estimate of drug-likeness (QED) is 0.209. The lowest BCUT2D eigenvalue weighted by Crippen LogP contribution is -2.15. The van der Waals surface area contributed by atoms with E-state index in [9.17, 15) is 0 Å². The second kappa shape index (κ2) is 8.16. The number of benzene rings is 7. The molecule has 184 valence electrons. The third-order valence-electron chi connectivity index (χ3n) is 8.82. The van der Waals surface area contributed by atoms with E-state index >= 15 is 0 Å². The average Bonchev–Trinajstić information content (AvgIpc) is 3.23. The average molecular weight is 497 g/mol. The van der Waals surface area contributed by atoms with Crippen LogP contribution in [0.1, 0.15) is 25.0 Å². The summed E-state index contributed by atoms with van der Waals surface area (Å²) in [6, 6.07) is 49.2. The topological polar surface area (TPSA) is 0 Å². The van der Waals surface area contributed by atoms with Gasteiger partial charge in [-0.05, 0) is 76.8 Å². The Morgan fingerprint density at radius 3 is 1.62 bits per heavy atom. The second-order valence-corrected chi connectivity index (χ2v) is 11.3. The summed E-state index contributed by atoms with van der Waals surface area (Å²) in [7, 11) is 0. The molecule has 0 bridgehead atoms. The Kier molecular flexibility index (Phi) is 4.67. The lowest BCUT2D eigenvalue weighted by atomic mass is 9.79. The van der Waals surface area contributed by atoms with Gasteiger partial charge in [0.05, 0.1) is 0 Å². The van der Waals surface area contributed by atoms with Crippen molar-refractivity contribution >= 4 is 32.3 Å². The molecule has 8 rings (SSSR count). The van der Waals surface area contributed by atoms with Crippen molar-refractivity contribution in [1.29, 1.82) is 0 Å². The zero-order valence-electron chi connectivity index (χ0n) is 22.2. The Hall–Kier alpha value is -4.68. The van der Waals surface area contributed by atoms with Gasteiger partial charge in [0, 0.05) is 5.41 Å². The Balaban J connectivity index is 1.54. The lowest BCUT2D eigenvalue weighted by Gasteiger charge is -2.23. The third kappa shape index (κ3) is 3.06. The fourth-order valence-electron chi connectivity index (χ4n) is 7.19. The highest BCUT2D eigenvalue weighted by molar-refractivity contribution is 6.23. The van der Waals surface area contributed by atoms with Crippen LogP contribution in [0.2, 0.25) is 0 Å². The second-order valence-electron chi connectivity index (χ2n) is 11.3. The monoisotopic (exact) mass is 496 g/mol. The zero-order chi connectivity index (χ0) is 26.1. The van der Waals surface area contributed by atoms with Crippen LogP contribution in [0.5, 0.6) is 0 Å². The first-order chi connectivity index (χ1) is 19.1. The summed E-state index contributed by atoms with van der Waals surface area (Å²) in [6.07, 6.45) is 0. The van der Waals surface area contributed by atoms with Crippen LogP contribution in [0, 0.1) is 0 Å². The fourth-order valence-corrected chi connectivity index (χ4v) is 7.19. The molecule has 0 aromatic heterocycles. The van der Waals surface area contributed by atoms with Crippen LogP contribution in [-0.2, 0) is 5.41 Å². The standard InChI is InChI=1S/C39H28/c1-39(2)34-22-12-21-32(37(34)33-24-23-25-13-6-7-16-27(25)38(33)39)36-30-19-10-8-17-28(30)35(26-14-4-3-5-15-26)29-18-9-11-20-31(29)36/h3-24H,1-2H3. The van der Waals surface area contributed by atoms with Crippen molar-refractivity contribution in [3.8, 4) is 33.4 Å². The summed E-state index contributed by atoms with van der Waals surface area (Å²) in [5, 5.41) is 7.86. The normalized spacial score (nSPS) is 13.6. The molecule has 0 spiro atoms. The van der Waals surface area contributed by atoms with Gasteiger partial charge in [-0.15, -0.1) is 0 Å². The van der Waals surface area contributed by atoms with Crippen LogP contribution in [0.3, 0.4) is 0 Å². The summed E-state index contributed by atoms with van der Waals surface area (Å²) in [5.74, 6) is 0. The molecule has 0 N–H and O–H groups in total. The van der Waals surface area contributed by atoms with Crippen LogP contribution in [0.15, 0.2) is 133 Å². The van der Waals surface area contributed by atoms with Gasteiger partial charge in [0.25, 0.3) is 0 Å². The van der Waals surface area contributed by atoms with E-state index in [0.29, 0.717) is 0 Å². The minimum atomic E-state index is -0.0862. The Labute approximate surface area is 229 Å². The molecule has 0 atom stereocenters. The van der Waals surface area contributed by atoms with Gasteiger partial charge in [-0.2, -0.15) is 0 Å². The third-order valence-corrected chi connectivity index (χ3v) is 8.82. The molecule has 0 fully saturated rings. The Bertz CT molecular complexity index is 2020. The van der Waals surface area contributed by atoms with E-state index < -0.39 is 0 Å². The van der Waals surface area contributed by atoms with Gasteiger partial charge >= 0.3 is 0 Å². The van der Waals surface area contributed by atoms with Crippen molar-refractivity contribution in [2.24, 2.45) is 0 Å². The van der Waals surface area contributed by atoms with E-state index in [-0.39, 0.29) is 5.41 Å². The molecule has 0 unspecified atom stereocenters. The number of hydrogen-bond acceptors (Lipinski definition) is 0. The molecular formula is C39H28. The molecule has 0 heterocycles. The highest BCUT2D eigenvalue weighted by Crippen LogP contribution is 2.56. The van der Waals surface area contributed by atoms with Crippen molar-refractivity contribution in [1.82, 2.24) is 0 Å². The van der Waals surface area contributed by atoms with Gasteiger partial charge in [-0.1, -0.05) is 147 Å². The highest BCUT2D eigenvalue weighted by Gasteiger charge is 2.38. The number of fused-ring (bicyclic) bond motifs is 7. The van der Waals surface area contributed by atoms with Crippen molar-refractivity contribution in [2.75, 3.05) is 0 Å². The molecule has 0 amide bonds. The first-order valence-corrected chi connectivity index (χ1v) is 13.8. The smallest absolute Gasteiger partial charge is 0.0165 e. The van der Waals surface area contributed by atoms with Gasteiger partial charge in [0.2, 0.25) is 0 Å². The maximum Gasteiger partial charge on any atom is 0.0165 e. The van der Waals surface area contributed by atoms with E-state index in [1.54, 1.807) is 0 Å². The van der Waals surface area contributed by atoms with E-state index in [4.69, 9.17) is 0 Å². The summed E-state index contributed by atoms with van der Waals surface area (Å²) in [4.78, 5) is 0. The van der Waals surface area contributed by atoms with E-state index in [1.165, 1.54) is 76.8 Å². The SMILES string of the molecule is CC1(C)c2cccc(-c3c4ccccc4c(-c4ccccc4)c4ccccc34)c2-c2ccc3ccccc3c21. The van der Waals surface area contributed by atoms with Crippen LogP contribution in [0.4, 0.5) is 0 Å². The van der Waals surface area contributed by atoms with E-state index in [0.717, 1.165) is 0 Å². The molecule has 0 nitrogen and oxygen atoms in total. The predicted molar refractivity (Wildman–Crippen MR) is 167 cm³/mol. The molecular weight excluding hydrogens is 468 g/mol. The minimum Gasteiger partial charge on any atom is -0.0622 e. The first kappa shape index (κ1) is 22.3. The summed E-state index contributed by atoms with van der Waals surface area (Å²) >= 11 is 0. The van der Waals surface area contributed by atoms with Crippen molar-refractivity contribution in [3.05, 3.63) is 145 Å². The molecule has 7 aromatic carbocycles. The zero-order valence-corrected chi connectivity index (χ0v) is 22.2. The van der Waals surface area contributed by atoms with Crippen LogP contribution in [-0.4, -0.2) is 0 Å². The van der Waals surface area contributed by atoms with Crippen LogP contribution >= 0.6 is 0 Å².